The molecule has 172 valence electrons. The van der Waals surface area contributed by atoms with Gasteiger partial charge >= 0.3 is 0 Å². The van der Waals surface area contributed by atoms with Gasteiger partial charge in [-0.3, -0.25) is 13.4 Å². The van der Waals surface area contributed by atoms with Crippen molar-refractivity contribution in [2.75, 3.05) is 33.3 Å². The van der Waals surface area contributed by atoms with Gasteiger partial charge in [0, 0.05) is 24.8 Å². The molecule has 0 saturated carbocycles. The number of amides is 1. The maximum absolute atomic E-state index is 12.9. The van der Waals surface area contributed by atoms with Crippen molar-refractivity contribution in [1.29, 1.82) is 0 Å². The summed E-state index contributed by atoms with van der Waals surface area (Å²) in [5.41, 5.74) is 1.88. The Morgan fingerprint density at radius 3 is 2.15 bits per heavy atom. The van der Waals surface area contributed by atoms with Gasteiger partial charge in [0.15, 0.2) is 0 Å². The SMILES string of the molecule is CN(c1ccccc1)S(=O)(=O)c1ccc(C(=O)Nc2ccc(N3CCCS3(=O)=O)cc2)cc1. The topological polar surface area (TPSA) is 104 Å². The minimum Gasteiger partial charge on any atom is -0.322 e. The van der Waals surface area contributed by atoms with Crippen molar-refractivity contribution in [2.24, 2.45) is 0 Å². The lowest BCUT2D eigenvalue weighted by Crippen LogP contribution is -2.26. The van der Waals surface area contributed by atoms with E-state index < -0.39 is 26.0 Å². The molecule has 0 unspecified atom stereocenters. The molecule has 8 nitrogen and oxygen atoms in total. The van der Waals surface area contributed by atoms with Gasteiger partial charge in [-0.05, 0) is 67.1 Å². The summed E-state index contributed by atoms with van der Waals surface area (Å²) in [7, 11) is -5.56. The molecule has 3 aromatic carbocycles. The van der Waals surface area contributed by atoms with E-state index in [1.165, 1.54) is 39.9 Å². The molecule has 1 aliphatic rings. The number of hydrogen-bond acceptors (Lipinski definition) is 5. The molecule has 0 aromatic heterocycles. The van der Waals surface area contributed by atoms with E-state index in [2.05, 4.69) is 5.32 Å². The second-order valence-electron chi connectivity index (χ2n) is 7.58. The Bertz CT molecular complexity index is 1360. The van der Waals surface area contributed by atoms with Crippen molar-refractivity contribution in [1.82, 2.24) is 0 Å². The molecule has 1 amide bonds. The van der Waals surface area contributed by atoms with Gasteiger partial charge in [-0.25, -0.2) is 16.8 Å². The predicted molar refractivity (Wildman–Crippen MR) is 129 cm³/mol. The summed E-state index contributed by atoms with van der Waals surface area (Å²) in [5, 5.41) is 2.74. The number of sulfonamides is 2. The van der Waals surface area contributed by atoms with Crippen LogP contribution in [0.4, 0.5) is 17.1 Å². The molecule has 0 bridgehead atoms. The fourth-order valence-electron chi connectivity index (χ4n) is 3.56. The lowest BCUT2D eigenvalue weighted by molar-refractivity contribution is 0.102. The van der Waals surface area contributed by atoms with E-state index in [-0.39, 0.29) is 10.6 Å². The first-order valence-corrected chi connectivity index (χ1v) is 13.3. The maximum Gasteiger partial charge on any atom is 0.264 e. The lowest BCUT2D eigenvalue weighted by atomic mass is 10.2. The molecule has 10 heteroatoms. The summed E-state index contributed by atoms with van der Waals surface area (Å²) in [6, 6.07) is 21.0. The lowest BCUT2D eigenvalue weighted by Gasteiger charge is -2.19. The quantitative estimate of drug-likeness (QED) is 0.577. The van der Waals surface area contributed by atoms with Crippen molar-refractivity contribution in [2.45, 2.75) is 11.3 Å². The second-order valence-corrected chi connectivity index (χ2v) is 11.6. The van der Waals surface area contributed by atoms with Crippen LogP contribution in [-0.2, 0) is 20.0 Å². The first kappa shape index (κ1) is 22.8. The molecule has 1 fully saturated rings. The zero-order valence-electron chi connectivity index (χ0n) is 17.9. The van der Waals surface area contributed by atoms with E-state index >= 15 is 0 Å². The Hall–Kier alpha value is -3.37. The summed E-state index contributed by atoms with van der Waals surface area (Å²) < 4.78 is 52.4. The Labute approximate surface area is 193 Å². The molecule has 33 heavy (non-hydrogen) atoms. The number of benzene rings is 3. The average molecular weight is 486 g/mol. The van der Waals surface area contributed by atoms with Crippen LogP contribution in [0.3, 0.4) is 0 Å². The molecule has 4 rings (SSSR count). The van der Waals surface area contributed by atoms with Gasteiger partial charge in [0.2, 0.25) is 10.0 Å². The molecule has 1 N–H and O–H groups in total. The molecular weight excluding hydrogens is 462 g/mol. The zero-order valence-corrected chi connectivity index (χ0v) is 19.5. The Kier molecular flexibility index (Phi) is 6.13. The number of carbonyl (C=O) groups is 1. The van der Waals surface area contributed by atoms with Gasteiger partial charge in [0.05, 0.1) is 22.0 Å². The molecule has 0 aliphatic carbocycles. The van der Waals surface area contributed by atoms with Crippen LogP contribution in [0, 0.1) is 0 Å². The number of carbonyl (C=O) groups excluding carboxylic acids is 1. The fourth-order valence-corrected chi connectivity index (χ4v) is 6.32. The summed E-state index contributed by atoms with van der Waals surface area (Å²) in [4.78, 5) is 12.7. The summed E-state index contributed by atoms with van der Waals surface area (Å²) in [6.07, 6.45) is 0.591. The van der Waals surface area contributed by atoms with E-state index in [1.54, 1.807) is 54.6 Å². The predicted octanol–water partition coefficient (Wildman–Crippen LogP) is 3.30. The van der Waals surface area contributed by atoms with Crippen LogP contribution < -0.4 is 13.9 Å². The number of hydrogen-bond donors (Lipinski definition) is 1. The molecular formula is C23H23N3O5S2. The highest BCUT2D eigenvalue weighted by Crippen LogP contribution is 2.26. The highest BCUT2D eigenvalue weighted by atomic mass is 32.2. The third kappa shape index (κ3) is 4.71. The first-order chi connectivity index (χ1) is 15.7. The Balaban J connectivity index is 1.45. The highest BCUT2D eigenvalue weighted by molar-refractivity contribution is 7.93. The van der Waals surface area contributed by atoms with Gasteiger partial charge in [-0.15, -0.1) is 0 Å². The molecule has 0 atom stereocenters. The standard InChI is InChI=1S/C23H23N3O5S2/c1-25(20-6-3-2-4-7-20)33(30,31)22-14-8-18(9-15-22)23(27)24-19-10-12-21(13-11-19)26-16-5-17-32(26,28)29/h2-4,6-15H,5,16-17H2,1H3,(H,24,27). The van der Waals surface area contributed by atoms with E-state index in [4.69, 9.17) is 0 Å². The molecule has 1 aliphatic heterocycles. The van der Waals surface area contributed by atoms with E-state index in [0.717, 1.165) is 0 Å². The number of para-hydroxylation sites is 1. The van der Waals surface area contributed by atoms with Gasteiger partial charge in [0.1, 0.15) is 0 Å². The van der Waals surface area contributed by atoms with Crippen LogP contribution in [0.2, 0.25) is 0 Å². The van der Waals surface area contributed by atoms with E-state index in [9.17, 15) is 21.6 Å². The van der Waals surface area contributed by atoms with Gasteiger partial charge in [-0.1, -0.05) is 18.2 Å². The number of rotatable bonds is 6. The first-order valence-electron chi connectivity index (χ1n) is 10.2. The fraction of sp³-hybridized carbons (Fsp3) is 0.174. The smallest absolute Gasteiger partial charge is 0.264 e. The third-order valence-electron chi connectivity index (χ3n) is 5.41. The monoisotopic (exact) mass is 485 g/mol. The summed E-state index contributed by atoms with van der Waals surface area (Å²) >= 11 is 0. The van der Waals surface area contributed by atoms with Crippen LogP contribution in [0.1, 0.15) is 16.8 Å². The summed E-state index contributed by atoms with van der Waals surface area (Å²) in [6.45, 7) is 0.447. The van der Waals surface area contributed by atoms with Crippen molar-refractivity contribution in [3.8, 4) is 0 Å². The third-order valence-corrected chi connectivity index (χ3v) is 9.08. The number of nitrogens with zero attached hydrogens (tertiary/aromatic N) is 2. The minimum atomic E-state index is -3.77. The van der Waals surface area contributed by atoms with Crippen molar-refractivity contribution >= 4 is 43.0 Å². The molecule has 1 heterocycles. The van der Waals surface area contributed by atoms with Crippen LogP contribution >= 0.6 is 0 Å². The van der Waals surface area contributed by atoms with Gasteiger partial charge in [0.25, 0.3) is 15.9 Å². The maximum atomic E-state index is 12.9. The number of nitrogens with one attached hydrogen (secondary N) is 1. The van der Waals surface area contributed by atoms with Crippen LogP contribution in [0.15, 0.2) is 83.8 Å². The van der Waals surface area contributed by atoms with Crippen LogP contribution in [-0.4, -0.2) is 42.1 Å². The van der Waals surface area contributed by atoms with E-state index in [0.29, 0.717) is 35.6 Å². The minimum absolute atomic E-state index is 0.0709. The molecule has 1 saturated heterocycles. The second kappa shape index (κ2) is 8.87. The largest absolute Gasteiger partial charge is 0.322 e. The van der Waals surface area contributed by atoms with Gasteiger partial charge in [-0.2, -0.15) is 0 Å². The zero-order chi connectivity index (χ0) is 23.6. The van der Waals surface area contributed by atoms with Crippen LogP contribution in [0.5, 0.6) is 0 Å². The Morgan fingerprint density at radius 2 is 1.58 bits per heavy atom. The van der Waals surface area contributed by atoms with Crippen LogP contribution in [0.25, 0.3) is 0 Å². The molecule has 3 aromatic rings. The van der Waals surface area contributed by atoms with Crippen molar-refractivity contribution in [3.63, 3.8) is 0 Å². The Morgan fingerprint density at radius 1 is 0.939 bits per heavy atom. The molecule has 0 spiro atoms. The molecule has 0 radical (unpaired) electrons. The highest BCUT2D eigenvalue weighted by Gasteiger charge is 2.28. The number of anilines is 3. The van der Waals surface area contributed by atoms with Gasteiger partial charge < -0.3 is 5.32 Å². The summed E-state index contributed by atoms with van der Waals surface area (Å²) in [5.74, 6) is -0.268. The van der Waals surface area contributed by atoms with Crippen molar-refractivity contribution in [3.05, 3.63) is 84.4 Å². The van der Waals surface area contributed by atoms with Crippen molar-refractivity contribution < 1.29 is 21.6 Å². The normalized spacial score (nSPS) is 15.2. The average Bonchev–Trinajstić information content (AvgIpc) is 3.18. The van der Waals surface area contributed by atoms with E-state index in [1.807, 2.05) is 0 Å².